The summed E-state index contributed by atoms with van der Waals surface area (Å²) in [5.41, 5.74) is 3.69. The maximum Gasteiger partial charge on any atom is 0.211 e. The molecule has 0 saturated carbocycles. The third-order valence-corrected chi connectivity index (χ3v) is 5.93. The average Bonchev–Trinajstić information content (AvgIpc) is 2.81. The molecule has 0 aliphatic carbocycles. The lowest BCUT2D eigenvalue weighted by molar-refractivity contribution is 0.239. The van der Waals surface area contributed by atoms with Crippen LogP contribution in [0.1, 0.15) is 35.9 Å². The number of nitrogens with one attached hydrogen (secondary N) is 1. The molecule has 1 saturated heterocycles. The minimum absolute atomic E-state index is 0.0143. The third kappa shape index (κ3) is 3.73. The summed E-state index contributed by atoms with van der Waals surface area (Å²) in [5, 5.41) is 4.00. The third-order valence-electron chi connectivity index (χ3n) is 3.72. The van der Waals surface area contributed by atoms with Gasteiger partial charge in [-0.1, -0.05) is 4.49 Å². The molecule has 2 atom stereocenters. The van der Waals surface area contributed by atoms with Crippen molar-refractivity contribution in [3.63, 3.8) is 0 Å². The first-order chi connectivity index (χ1) is 9.41. The highest BCUT2D eigenvalue weighted by Crippen LogP contribution is 2.30. The monoisotopic (exact) mass is 319 g/mol. The zero-order chi connectivity index (χ0) is 14.8. The number of hydrogen-bond acceptors (Lipinski definition) is 7. The van der Waals surface area contributed by atoms with Crippen molar-refractivity contribution in [2.24, 2.45) is 11.8 Å². The van der Waals surface area contributed by atoms with E-state index in [1.807, 2.05) is 6.92 Å². The van der Waals surface area contributed by atoms with Crippen LogP contribution in [0.4, 0.5) is 0 Å². The van der Waals surface area contributed by atoms with Crippen molar-refractivity contribution in [2.75, 3.05) is 19.3 Å². The lowest BCUT2D eigenvalue weighted by Crippen LogP contribution is -2.41. The number of aromatic nitrogens is 2. The summed E-state index contributed by atoms with van der Waals surface area (Å²) in [6.07, 6.45) is 3.99. The SMILES string of the molecule is Cc1nnsc1C(CC1CCCN(S(C)(=O)=O)C1)NN. The van der Waals surface area contributed by atoms with Crippen molar-refractivity contribution < 1.29 is 8.42 Å². The molecule has 1 aromatic rings. The second-order valence-electron chi connectivity index (χ2n) is 5.31. The summed E-state index contributed by atoms with van der Waals surface area (Å²) in [6, 6.07) is -0.0143. The summed E-state index contributed by atoms with van der Waals surface area (Å²) in [4.78, 5) is 1.03. The normalized spacial score (nSPS) is 22.9. The van der Waals surface area contributed by atoms with Crippen LogP contribution in [0.25, 0.3) is 0 Å². The molecule has 1 aliphatic heterocycles. The van der Waals surface area contributed by atoms with E-state index in [1.54, 1.807) is 4.31 Å². The van der Waals surface area contributed by atoms with Gasteiger partial charge in [0.2, 0.25) is 10.0 Å². The Bertz CT molecular complexity index is 545. The lowest BCUT2D eigenvalue weighted by Gasteiger charge is -2.32. The molecule has 1 fully saturated rings. The highest BCUT2D eigenvalue weighted by atomic mass is 32.2. The van der Waals surface area contributed by atoms with E-state index in [4.69, 9.17) is 5.84 Å². The van der Waals surface area contributed by atoms with Gasteiger partial charge in [0, 0.05) is 13.1 Å². The number of nitrogens with zero attached hydrogens (tertiary/aromatic N) is 3. The molecule has 0 amide bonds. The zero-order valence-corrected chi connectivity index (χ0v) is 13.4. The molecule has 2 unspecified atom stereocenters. The van der Waals surface area contributed by atoms with Gasteiger partial charge in [-0.2, -0.15) is 0 Å². The second-order valence-corrected chi connectivity index (χ2v) is 8.07. The maximum atomic E-state index is 11.6. The van der Waals surface area contributed by atoms with Gasteiger partial charge in [0.25, 0.3) is 0 Å². The molecule has 20 heavy (non-hydrogen) atoms. The number of piperidine rings is 1. The Morgan fingerprint density at radius 2 is 2.35 bits per heavy atom. The number of aryl methyl sites for hydroxylation is 1. The van der Waals surface area contributed by atoms with E-state index < -0.39 is 10.0 Å². The predicted molar refractivity (Wildman–Crippen MR) is 78.5 cm³/mol. The minimum Gasteiger partial charge on any atom is -0.271 e. The fourth-order valence-corrected chi connectivity index (χ4v) is 4.32. The van der Waals surface area contributed by atoms with Gasteiger partial charge in [0.05, 0.1) is 22.9 Å². The molecule has 3 N–H and O–H groups in total. The van der Waals surface area contributed by atoms with Crippen molar-refractivity contribution in [3.05, 3.63) is 10.6 Å². The van der Waals surface area contributed by atoms with E-state index in [9.17, 15) is 8.42 Å². The standard InChI is InChI=1S/C11H21N5O2S2/c1-8-11(19-15-14-8)10(13-12)6-9-4-3-5-16(7-9)20(2,17)18/h9-10,13H,3-7,12H2,1-2H3. The number of nitrogens with two attached hydrogens (primary N) is 1. The van der Waals surface area contributed by atoms with Crippen LogP contribution >= 0.6 is 11.5 Å². The van der Waals surface area contributed by atoms with Gasteiger partial charge in [-0.15, -0.1) is 5.10 Å². The van der Waals surface area contributed by atoms with Gasteiger partial charge in [-0.25, -0.2) is 12.7 Å². The highest BCUT2D eigenvalue weighted by Gasteiger charge is 2.28. The van der Waals surface area contributed by atoms with Gasteiger partial charge in [-0.3, -0.25) is 11.3 Å². The molecular weight excluding hydrogens is 298 g/mol. The minimum atomic E-state index is -3.10. The molecular formula is C11H21N5O2S2. The molecule has 2 heterocycles. The number of hydrogen-bond donors (Lipinski definition) is 2. The molecule has 0 spiro atoms. The fraction of sp³-hybridized carbons (Fsp3) is 0.818. The number of rotatable bonds is 5. The smallest absolute Gasteiger partial charge is 0.211 e. The van der Waals surface area contributed by atoms with E-state index >= 15 is 0 Å². The highest BCUT2D eigenvalue weighted by molar-refractivity contribution is 7.88. The van der Waals surface area contributed by atoms with Gasteiger partial charge >= 0.3 is 0 Å². The first kappa shape index (κ1) is 15.8. The quantitative estimate of drug-likeness (QED) is 0.602. The van der Waals surface area contributed by atoms with Crippen LogP contribution in [-0.4, -0.2) is 41.7 Å². The molecule has 2 rings (SSSR count). The van der Waals surface area contributed by atoms with Crippen LogP contribution in [0, 0.1) is 12.8 Å². The summed E-state index contributed by atoms with van der Waals surface area (Å²) < 4.78 is 28.8. The maximum absolute atomic E-state index is 11.6. The van der Waals surface area contributed by atoms with Crippen molar-refractivity contribution in [3.8, 4) is 0 Å². The summed E-state index contributed by atoms with van der Waals surface area (Å²) in [5.74, 6) is 5.95. The molecule has 1 aliphatic rings. The van der Waals surface area contributed by atoms with Gasteiger partial charge in [0.1, 0.15) is 0 Å². The van der Waals surface area contributed by atoms with Crippen LogP contribution < -0.4 is 11.3 Å². The molecule has 1 aromatic heterocycles. The van der Waals surface area contributed by atoms with Crippen LogP contribution in [0.5, 0.6) is 0 Å². The summed E-state index contributed by atoms with van der Waals surface area (Å²) >= 11 is 1.34. The Hall–Kier alpha value is -0.610. The largest absolute Gasteiger partial charge is 0.271 e. The van der Waals surface area contributed by atoms with Crippen molar-refractivity contribution >= 4 is 21.6 Å². The predicted octanol–water partition coefficient (Wildman–Crippen LogP) is 0.413. The van der Waals surface area contributed by atoms with Crippen LogP contribution in [-0.2, 0) is 10.0 Å². The molecule has 114 valence electrons. The Morgan fingerprint density at radius 1 is 1.60 bits per heavy atom. The van der Waals surface area contributed by atoms with E-state index in [-0.39, 0.29) is 6.04 Å². The van der Waals surface area contributed by atoms with Crippen LogP contribution in [0.15, 0.2) is 0 Å². The van der Waals surface area contributed by atoms with Crippen LogP contribution in [0.3, 0.4) is 0 Å². The summed E-state index contributed by atoms with van der Waals surface area (Å²) in [6.45, 7) is 3.10. The first-order valence-corrected chi connectivity index (χ1v) is 9.24. The lowest BCUT2D eigenvalue weighted by atomic mass is 9.92. The molecule has 9 heteroatoms. The summed E-state index contributed by atoms with van der Waals surface area (Å²) in [7, 11) is -3.10. The van der Waals surface area contributed by atoms with Crippen molar-refractivity contribution in [1.82, 2.24) is 19.3 Å². The van der Waals surface area contributed by atoms with E-state index in [1.165, 1.54) is 17.8 Å². The Labute approximate surface area is 123 Å². The van der Waals surface area contributed by atoms with Crippen molar-refractivity contribution in [1.29, 1.82) is 0 Å². The van der Waals surface area contributed by atoms with Gasteiger partial charge < -0.3 is 0 Å². The zero-order valence-electron chi connectivity index (χ0n) is 11.7. The molecule has 7 nitrogen and oxygen atoms in total. The molecule has 0 bridgehead atoms. The number of hydrazine groups is 1. The second kappa shape index (κ2) is 6.44. The van der Waals surface area contributed by atoms with E-state index in [2.05, 4.69) is 15.0 Å². The van der Waals surface area contributed by atoms with E-state index in [0.29, 0.717) is 19.0 Å². The Balaban J connectivity index is 2.03. The number of sulfonamides is 1. The average molecular weight is 319 g/mol. The first-order valence-electron chi connectivity index (χ1n) is 6.62. The molecule has 0 radical (unpaired) electrons. The Morgan fingerprint density at radius 3 is 2.90 bits per heavy atom. The van der Waals surface area contributed by atoms with Gasteiger partial charge in [-0.05, 0) is 43.6 Å². The van der Waals surface area contributed by atoms with Crippen molar-refractivity contribution in [2.45, 2.75) is 32.2 Å². The molecule has 0 aromatic carbocycles. The Kier molecular flexibility index (Phi) is 5.08. The van der Waals surface area contributed by atoms with E-state index in [0.717, 1.165) is 29.8 Å². The van der Waals surface area contributed by atoms with Crippen LogP contribution in [0.2, 0.25) is 0 Å². The van der Waals surface area contributed by atoms with Gasteiger partial charge in [0.15, 0.2) is 0 Å². The topological polar surface area (TPSA) is 101 Å². The fourth-order valence-electron chi connectivity index (χ4n) is 2.66.